The van der Waals surface area contributed by atoms with Crippen LogP contribution in [0, 0.1) is 0 Å². The van der Waals surface area contributed by atoms with Crippen molar-refractivity contribution in [3.05, 3.63) is 194 Å². The molecule has 3 heterocycles. The lowest BCUT2D eigenvalue weighted by Crippen LogP contribution is -1.98. The monoisotopic (exact) mass is 716 g/mol. The van der Waals surface area contributed by atoms with E-state index < -0.39 is 0 Å². The van der Waals surface area contributed by atoms with Gasteiger partial charge < -0.3 is 8.83 Å². The van der Waals surface area contributed by atoms with Gasteiger partial charge in [-0.3, -0.25) is 0 Å². The molecule has 4 nitrogen and oxygen atoms in total. The van der Waals surface area contributed by atoms with Gasteiger partial charge in [-0.05, 0) is 69.8 Å². The van der Waals surface area contributed by atoms with Crippen molar-refractivity contribution in [3.63, 3.8) is 0 Å². The second-order valence-corrected chi connectivity index (χ2v) is 14.1. The van der Waals surface area contributed by atoms with E-state index in [-0.39, 0.29) is 0 Å². The van der Waals surface area contributed by atoms with E-state index >= 15 is 0 Å². The third kappa shape index (κ3) is 5.39. The third-order valence-electron chi connectivity index (χ3n) is 10.8. The van der Waals surface area contributed by atoms with E-state index in [2.05, 4.69) is 146 Å². The van der Waals surface area contributed by atoms with Crippen molar-refractivity contribution < 1.29 is 8.83 Å². The van der Waals surface area contributed by atoms with Gasteiger partial charge >= 0.3 is 0 Å². The molecule has 0 aliphatic carbocycles. The van der Waals surface area contributed by atoms with Crippen LogP contribution in [-0.4, -0.2) is 9.97 Å². The Morgan fingerprint density at radius 3 is 1.30 bits per heavy atom. The molecular formula is C52H32N2O2. The SMILES string of the molecule is c1ccc(-c2ccc(-c3ccc(-c4ccccc4)c(-c4nc(-c5cccc6c5oc5ccccc56)cc(-c5cccc6c5oc5ccccc56)n4)c3)cc2)cc1. The van der Waals surface area contributed by atoms with Gasteiger partial charge in [0.15, 0.2) is 5.82 Å². The smallest absolute Gasteiger partial charge is 0.161 e. The fraction of sp³-hybridized carbons (Fsp3) is 0. The quantitative estimate of drug-likeness (QED) is 0.172. The summed E-state index contributed by atoms with van der Waals surface area (Å²) in [5.74, 6) is 0.611. The highest BCUT2D eigenvalue weighted by Crippen LogP contribution is 2.41. The topological polar surface area (TPSA) is 52.1 Å². The average Bonchev–Trinajstić information content (AvgIpc) is 3.86. The number of aromatic nitrogens is 2. The fourth-order valence-corrected chi connectivity index (χ4v) is 8.01. The summed E-state index contributed by atoms with van der Waals surface area (Å²) in [6.07, 6.45) is 0. The lowest BCUT2D eigenvalue weighted by molar-refractivity contribution is 0.669. The van der Waals surface area contributed by atoms with E-state index in [1.807, 2.05) is 48.5 Å². The Morgan fingerprint density at radius 2 is 0.732 bits per heavy atom. The van der Waals surface area contributed by atoms with E-state index in [0.29, 0.717) is 5.82 Å². The van der Waals surface area contributed by atoms with Crippen LogP contribution in [0.15, 0.2) is 203 Å². The van der Waals surface area contributed by atoms with Gasteiger partial charge in [0.25, 0.3) is 0 Å². The summed E-state index contributed by atoms with van der Waals surface area (Å²) in [5, 5.41) is 4.24. The Kier molecular flexibility index (Phi) is 7.46. The van der Waals surface area contributed by atoms with Crippen molar-refractivity contribution in [1.82, 2.24) is 9.97 Å². The maximum absolute atomic E-state index is 6.57. The van der Waals surface area contributed by atoms with Gasteiger partial charge in [0.05, 0.1) is 11.4 Å². The molecule has 0 saturated heterocycles. The zero-order chi connectivity index (χ0) is 37.0. The third-order valence-corrected chi connectivity index (χ3v) is 10.8. The molecule has 56 heavy (non-hydrogen) atoms. The molecule has 11 aromatic rings. The Bertz CT molecular complexity index is 3100. The summed E-state index contributed by atoms with van der Waals surface area (Å²) < 4.78 is 13.1. The minimum absolute atomic E-state index is 0.611. The first-order valence-corrected chi connectivity index (χ1v) is 18.8. The van der Waals surface area contributed by atoms with E-state index in [0.717, 1.165) is 94.2 Å². The molecule has 4 heteroatoms. The highest BCUT2D eigenvalue weighted by Gasteiger charge is 2.21. The van der Waals surface area contributed by atoms with Gasteiger partial charge in [0.1, 0.15) is 22.3 Å². The minimum atomic E-state index is 0.611. The van der Waals surface area contributed by atoms with Crippen molar-refractivity contribution in [2.45, 2.75) is 0 Å². The molecule has 3 aromatic heterocycles. The first-order chi connectivity index (χ1) is 27.7. The molecule has 0 unspecified atom stereocenters. The predicted molar refractivity (Wildman–Crippen MR) is 229 cm³/mol. The van der Waals surface area contributed by atoms with Crippen LogP contribution in [0.4, 0.5) is 0 Å². The number of nitrogens with zero attached hydrogens (tertiary/aromatic N) is 2. The molecule has 0 radical (unpaired) electrons. The molecule has 0 saturated carbocycles. The molecule has 0 aliphatic heterocycles. The summed E-state index contributed by atoms with van der Waals surface area (Å²) in [4.78, 5) is 10.8. The molecule has 262 valence electrons. The van der Waals surface area contributed by atoms with Crippen LogP contribution in [0.3, 0.4) is 0 Å². The molecule has 0 bridgehead atoms. The van der Waals surface area contributed by atoms with E-state index in [1.165, 1.54) is 11.1 Å². The van der Waals surface area contributed by atoms with Gasteiger partial charge in [-0.15, -0.1) is 0 Å². The van der Waals surface area contributed by atoms with Crippen LogP contribution in [-0.2, 0) is 0 Å². The number of fused-ring (bicyclic) bond motifs is 6. The summed E-state index contributed by atoms with van der Waals surface area (Å²) in [6, 6.07) is 67.3. The van der Waals surface area contributed by atoms with Gasteiger partial charge in [-0.25, -0.2) is 9.97 Å². The summed E-state index contributed by atoms with van der Waals surface area (Å²) in [7, 11) is 0. The van der Waals surface area contributed by atoms with Crippen molar-refractivity contribution in [2.24, 2.45) is 0 Å². The number of para-hydroxylation sites is 4. The molecule has 0 atom stereocenters. The van der Waals surface area contributed by atoms with Crippen molar-refractivity contribution in [3.8, 4) is 67.3 Å². The number of benzene rings is 8. The van der Waals surface area contributed by atoms with E-state index in [9.17, 15) is 0 Å². The second kappa shape index (κ2) is 13.1. The Morgan fingerprint density at radius 1 is 0.286 bits per heavy atom. The Labute approximate surface area is 323 Å². The van der Waals surface area contributed by atoms with Crippen LogP contribution in [0.5, 0.6) is 0 Å². The normalized spacial score (nSPS) is 11.6. The summed E-state index contributed by atoms with van der Waals surface area (Å²) >= 11 is 0. The predicted octanol–water partition coefficient (Wildman–Crippen LogP) is 14.3. The maximum atomic E-state index is 6.57. The Balaban J connectivity index is 1.16. The summed E-state index contributed by atoms with van der Waals surface area (Å²) in [5.41, 5.74) is 14.2. The van der Waals surface area contributed by atoms with Crippen LogP contribution >= 0.6 is 0 Å². The van der Waals surface area contributed by atoms with Gasteiger partial charge in [0, 0.05) is 38.2 Å². The summed E-state index contributed by atoms with van der Waals surface area (Å²) in [6.45, 7) is 0. The largest absolute Gasteiger partial charge is 0.455 e. The molecule has 0 N–H and O–H groups in total. The first kappa shape index (κ1) is 31.9. The number of hydrogen-bond donors (Lipinski definition) is 0. The van der Waals surface area contributed by atoms with Gasteiger partial charge in [-0.2, -0.15) is 0 Å². The standard InChI is InChI=1S/C52H32N2O2/c1-3-13-33(14-4-1)34-25-27-35(28-26-34)37-29-30-38(36-15-5-2-6-16-36)45(31-37)52-53-46(43-21-11-19-41-39-17-7-9-23-48(39)55-50(41)43)32-47(54-52)44-22-12-20-42-40-18-8-10-24-49(40)56-51(42)44/h1-32H. The molecule has 0 fully saturated rings. The van der Waals surface area contributed by atoms with E-state index in [1.54, 1.807) is 0 Å². The van der Waals surface area contributed by atoms with Crippen molar-refractivity contribution >= 4 is 43.9 Å². The number of hydrogen-bond acceptors (Lipinski definition) is 4. The van der Waals surface area contributed by atoms with Gasteiger partial charge in [0.2, 0.25) is 0 Å². The lowest BCUT2D eigenvalue weighted by Gasteiger charge is -2.15. The van der Waals surface area contributed by atoms with Crippen LogP contribution in [0.2, 0.25) is 0 Å². The highest BCUT2D eigenvalue weighted by molar-refractivity contribution is 6.11. The average molecular weight is 717 g/mol. The van der Waals surface area contributed by atoms with Gasteiger partial charge in [-0.1, -0.05) is 158 Å². The number of rotatable bonds is 6. The molecular weight excluding hydrogens is 685 g/mol. The zero-order valence-electron chi connectivity index (χ0n) is 30.2. The first-order valence-electron chi connectivity index (χ1n) is 18.8. The number of furan rings is 2. The van der Waals surface area contributed by atoms with Crippen LogP contribution in [0.1, 0.15) is 0 Å². The molecule has 11 rings (SSSR count). The zero-order valence-corrected chi connectivity index (χ0v) is 30.2. The minimum Gasteiger partial charge on any atom is -0.455 e. The van der Waals surface area contributed by atoms with Crippen molar-refractivity contribution in [1.29, 1.82) is 0 Å². The second-order valence-electron chi connectivity index (χ2n) is 14.1. The van der Waals surface area contributed by atoms with Crippen LogP contribution < -0.4 is 0 Å². The van der Waals surface area contributed by atoms with Crippen LogP contribution in [0.25, 0.3) is 111 Å². The molecule has 0 aliphatic rings. The molecule has 0 spiro atoms. The van der Waals surface area contributed by atoms with E-state index in [4.69, 9.17) is 18.8 Å². The highest BCUT2D eigenvalue weighted by atomic mass is 16.3. The Hall–Kier alpha value is -7.56. The lowest BCUT2D eigenvalue weighted by atomic mass is 9.93. The fourth-order valence-electron chi connectivity index (χ4n) is 8.01. The molecule has 8 aromatic carbocycles. The molecule has 0 amide bonds. The van der Waals surface area contributed by atoms with Crippen molar-refractivity contribution in [2.75, 3.05) is 0 Å². The maximum Gasteiger partial charge on any atom is 0.161 e.